The monoisotopic (exact) mass is 294 g/mol. The quantitative estimate of drug-likeness (QED) is 0.707. The first kappa shape index (κ1) is 15.2. The second kappa shape index (κ2) is 6.49. The number of hydrogen-bond donors (Lipinski definition) is 0. The molecule has 0 aliphatic rings. The normalized spacial score (nSPS) is 13.1. The van der Waals surface area contributed by atoms with Crippen molar-refractivity contribution in [2.24, 2.45) is 0 Å². The minimum absolute atomic E-state index is 0.105. The van der Waals surface area contributed by atoms with Crippen LogP contribution in [0, 0.1) is 0 Å². The molecule has 4 heteroatoms. The van der Waals surface area contributed by atoms with Gasteiger partial charge in [0.2, 0.25) is 0 Å². The van der Waals surface area contributed by atoms with E-state index < -0.39 is 0 Å². The standard InChI is InChI=1S/C16H23ClN2O/c1-5-6-10-19-13-8-7-9-14(20-11(2)3)15(13)18-16(19)12(4)17/h7-9,11-12H,5-6,10H2,1-4H3. The summed E-state index contributed by atoms with van der Waals surface area (Å²) in [5.41, 5.74) is 2.03. The molecule has 1 unspecified atom stereocenters. The van der Waals surface area contributed by atoms with Crippen molar-refractivity contribution in [3.8, 4) is 5.75 Å². The smallest absolute Gasteiger partial charge is 0.147 e. The molecule has 0 N–H and O–H groups in total. The molecule has 0 bridgehead atoms. The molecule has 1 aromatic carbocycles. The van der Waals surface area contributed by atoms with E-state index in [1.54, 1.807) is 0 Å². The Morgan fingerprint density at radius 2 is 2.05 bits per heavy atom. The van der Waals surface area contributed by atoms with E-state index in [9.17, 15) is 0 Å². The Labute approximate surface area is 125 Å². The average molecular weight is 295 g/mol. The summed E-state index contributed by atoms with van der Waals surface area (Å²) in [6.45, 7) is 9.16. The van der Waals surface area contributed by atoms with Crippen LogP contribution in [0.1, 0.15) is 51.7 Å². The van der Waals surface area contributed by atoms with Crippen molar-refractivity contribution in [3.63, 3.8) is 0 Å². The summed E-state index contributed by atoms with van der Waals surface area (Å²) in [7, 11) is 0. The Hall–Kier alpha value is -1.22. The number of alkyl halides is 1. The van der Waals surface area contributed by atoms with Gasteiger partial charge in [-0.2, -0.15) is 0 Å². The number of para-hydroxylation sites is 1. The molecular formula is C16H23ClN2O. The molecule has 0 spiro atoms. The summed E-state index contributed by atoms with van der Waals surface area (Å²) in [5, 5.41) is -0.105. The van der Waals surface area contributed by atoms with Crippen LogP contribution in [0.3, 0.4) is 0 Å². The molecule has 2 rings (SSSR count). The van der Waals surface area contributed by atoms with Gasteiger partial charge in [-0.15, -0.1) is 11.6 Å². The summed E-state index contributed by atoms with van der Waals surface area (Å²) in [6.07, 6.45) is 2.41. The number of unbranched alkanes of at least 4 members (excludes halogenated alkanes) is 1. The maximum Gasteiger partial charge on any atom is 0.147 e. The van der Waals surface area contributed by atoms with Crippen LogP contribution in [0.2, 0.25) is 0 Å². The van der Waals surface area contributed by atoms with Gasteiger partial charge < -0.3 is 9.30 Å². The number of hydrogen-bond acceptors (Lipinski definition) is 2. The van der Waals surface area contributed by atoms with Crippen molar-refractivity contribution in [3.05, 3.63) is 24.0 Å². The lowest BCUT2D eigenvalue weighted by Crippen LogP contribution is -2.06. The summed E-state index contributed by atoms with van der Waals surface area (Å²) in [4.78, 5) is 4.72. The summed E-state index contributed by atoms with van der Waals surface area (Å²) in [6, 6.07) is 6.09. The average Bonchev–Trinajstić information content (AvgIpc) is 2.75. The van der Waals surface area contributed by atoms with E-state index in [2.05, 4.69) is 17.6 Å². The van der Waals surface area contributed by atoms with E-state index in [1.807, 2.05) is 32.9 Å². The molecule has 0 saturated carbocycles. The van der Waals surface area contributed by atoms with E-state index >= 15 is 0 Å². The highest BCUT2D eigenvalue weighted by Gasteiger charge is 2.17. The zero-order chi connectivity index (χ0) is 14.7. The van der Waals surface area contributed by atoms with E-state index in [1.165, 1.54) is 0 Å². The Morgan fingerprint density at radius 3 is 2.65 bits per heavy atom. The molecule has 0 aliphatic heterocycles. The molecule has 0 fully saturated rings. The molecule has 1 aromatic heterocycles. The second-order valence-corrected chi connectivity index (χ2v) is 6.04. The van der Waals surface area contributed by atoms with Gasteiger partial charge in [-0.25, -0.2) is 4.98 Å². The molecule has 0 saturated heterocycles. The van der Waals surface area contributed by atoms with Crippen molar-refractivity contribution < 1.29 is 4.74 Å². The minimum Gasteiger partial charge on any atom is -0.489 e. The van der Waals surface area contributed by atoms with Crippen LogP contribution >= 0.6 is 11.6 Å². The number of imidazole rings is 1. The largest absolute Gasteiger partial charge is 0.489 e. The predicted octanol–water partition coefficient (Wildman–Crippen LogP) is 4.92. The van der Waals surface area contributed by atoms with Gasteiger partial charge in [-0.05, 0) is 39.3 Å². The molecule has 1 atom stereocenters. The van der Waals surface area contributed by atoms with Crippen molar-refractivity contribution in [1.82, 2.24) is 9.55 Å². The van der Waals surface area contributed by atoms with Crippen LogP contribution in [0.25, 0.3) is 11.0 Å². The predicted molar refractivity (Wildman–Crippen MR) is 84.7 cm³/mol. The lowest BCUT2D eigenvalue weighted by molar-refractivity contribution is 0.245. The van der Waals surface area contributed by atoms with E-state index in [0.717, 1.165) is 42.0 Å². The van der Waals surface area contributed by atoms with Gasteiger partial charge in [0.25, 0.3) is 0 Å². The molecule has 0 radical (unpaired) electrons. The minimum atomic E-state index is -0.105. The van der Waals surface area contributed by atoms with Gasteiger partial charge in [0.1, 0.15) is 17.1 Å². The first-order chi connectivity index (χ1) is 9.54. The van der Waals surface area contributed by atoms with Crippen molar-refractivity contribution in [2.75, 3.05) is 0 Å². The number of benzene rings is 1. The van der Waals surface area contributed by atoms with Crippen LogP contribution in [-0.2, 0) is 6.54 Å². The van der Waals surface area contributed by atoms with Gasteiger partial charge >= 0.3 is 0 Å². The van der Waals surface area contributed by atoms with Crippen LogP contribution in [0.15, 0.2) is 18.2 Å². The fourth-order valence-corrected chi connectivity index (χ4v) is 2.51. The molecule has 0 amide bonds. The Bertz CT molecular complexity index is 575. The zero-order valence-electron chi connectivity index (χ0n) is 12.7. The lowest BCUT2D eigenvalue weighted by atomic mass is 10.2. The van der Waals surface area contributed by atoms with E-state index in [4.69, 9.17) is 21.3 Å². The summed E-state index contributed by atoms with van der Waals surface area (Å²) < 4.78 is 8.09. The number of ether oxygens (including phenoxy) is 1. The van der Waals surface area contributed by atoms with E-state index in [0.29, 0.717) is 0 Å². The van der Waals surface area contributed by atoms with Crippen LogP contribution in [0.5, 0.6) is 5.75 Å². The third-order valence-corrected chi connectivity index (χ3v) is 3.42. The zero-order valence-corrected chi connectivity index (χ0v) is 13.4. The van der Waals surface area contributed by atoms with Gasteiger partial charge in [-0.1, -0.05) is 19.4 Å². The first-order valence-corrected chi connectivity index (χ1v) is 7.78. The highest BCUT2D eigenvalue weighted by molar-refractivity contribution is 6.20. The van der Waals surface area contributed by atoms with Crippen molar-refractivity contribution >= 4 is 22.6 Å². The maximum atomic E-state index is 6.29. The van der Waals surface area contributed by atoms with Crippen molar-refractivity contribution in [1.29, 1.82) is 0 Å². The number of rotatable bonds is 6. The number of halogens is 1. The molecule has 110 valence electrons. The van der Waals surface area contributed by atoms with Crippen LogP contribution < -0.4 is 4.74 Å². The molecule has 3 nitrogen and oxygen atoms in total. The van der Waals surface area contributed by atoms with Crippen LogP contribution in [-0.4, -0.2) is 15.7 Å². The Morgan fingerprint density at radius 1 is 1.30 bits per heavy atom. The third-order valence-electron chi connectivity index (χ3n) is 3.23. The molecule has 0 aliphatic carbocycles. The fourth-order valence-electron chi connectivity index (χ4n) is 2.34. The second-order valence-electron chi connectivity index (χ2n) is 5.38. The van der Waals surface area contributed by atoms with Crippen molar-refractivity contribution in [2.45, 2.75) is 58.6 Å². The molecule has 20 heavy (non-hydrogen) atoms. The number of nitrogens with zero attached hydrogens (tertiary/aromatic N) is 2. The number of aryl methyl sites for hydroxylation is 1. The Kier molecular flexibility index (Phi) is 4.92. The van der Waals surface area contributed by atoms with Gasteiger partial charge in [0.15, 0.2) is 0 Å². The number of fused-ring (bicyclic) bond motifs is 1. The number of aromatic nitrogens is 2. The fraction of sp³-hybridized carbons (Fsp3) is 0.562. The lowest BCUT2D eigenvalue weighted by Gasteiger charge is -2.11. The van der Waals surface area contributed by atoms with E-state index in [-0.39, 0.29) is 11.5 Å². The third kappa shape index (κ3) is 3.09. The van der Waals surface area contributed by atoms with Gasteiger partial charge in [0.05, 0.1) is 17.0 Å². The van der Waals surface area contributed by atoms with Crippen LogP contribution in [0.4, 0.5) is 0 Å². The van der Waals surface area contributed by atoms with Gasteiger partial charge in [0, 0.05) is 6.54 Å². The highest BCUT2D eigenvalue weighted by atomic mass is 35.5. The SMILES string of the molecule is CCCCn1c(C(C)Cl)nc2c(OC(C)C)cccc21. The first-order valence-electron chi connectivity index (χ1n) is 7.34. The highest BCUT2D eigenvalue weighted by Crippen LogP contribution is 2.31. The van der Waals surface area contributed by atoms with Gasteiger partial charge in [-0.3, -0.25) is 0 Å². The molecule has 1 heterocycles. The summed E-state index contributed by atoms with van der Waals surface area (Å²) >= 11 is 6.29. The summed E-state index contributed by atoms with van der Waals surface area (Å²) in [5.74, 6) is 1.77. The molecular weight excluding hydrogens is 272 g/mol. The molecule has 2 aromatic rings. The Balaban J connectivity index is 2.54. The maximum absolute atomic E-state index is 6.29. The topological polar surface area (TPSA) is 27.1 Å².